The molecule has 31 heavy (non-hydrogen) atoms. The highest BCUT2D eigenvalue weighted by molar-refractivity contribution is 7.92. The topological polar surface area (TPSA) is 105 Å². The Morgan fingerprint density at radius 1 is 1.06 bits per heavy atom. The van der Waals surface area contributed by atoms with Gasteiger partial charge in [0.2, 0.25) is 15.9 Å². The van der Waals surface area contributed by atoms with Gasteiger partial charge in [0.15, 0.2) is 0 Å². The van der Waals surface area contributed by atoms with E-state index >= 15 is 0 Å². The van der Waals surface area contributed by atoms with Gasteiger partial charge in [0.1, 0.15) is 11.8 Å². The standard InChI is InChI=1S/C22H29N3O5S/c1-6-20(25(31(5,28)29)16-11-13-17(30-4)14-12-16)22(27)24-19-10-8-7-9-18(19)21(26)23-15(2)3/h7-15,20H,6H2,1-5H3,(H,23,26)(H,24,27). The minimum Gasteiger partial charge on any atom is -0.497 e. The number of hydrogen-bond acceptors (Lipinski definition) is 5. The van der Waals surface area contributed by atoms with Crippen molar-refractivity contribution in [2.75, 3.05) is 23.0 Å². The van der Waals surface area contributed by atoms with Crippen molar-refractivity contribution in [3.05, 3.63) is 54.1 Å². The van der Waals surface area contributed by atoms with Gasteiger partial charge in [-0.2, -0.15) is 0 Å². The Labute approximate surface area is 183 Å². The molecule has 1 atom stereocenters. The van der Waals surface area contributed by atoms with E-state index in [9.17, 15) is 18.0 Å². The molecule has 2 N–H and O–H groups in total. The van der Waals surface area contributed by atoms with E-state index in [0.717, 1.165) is 10.6 Å². The van der Waals surface area contributed by atoms with E-state index in [1.54, 1.807) is 55.5 Å². The smallest absolute Gasteiger partial charge is 0.253 e. The second-order valence-corrected chi connectivity index (χ2v) is 9.20. The van der Waals surface area contributed by atoms with E-state index in [1.807, 2.05) is 13.8 Å². The van der Waals surface area contributed by atoms with Gasteiger partial charge in [-0.3, -0.25) is 13.9 Å². The van der Waals surface area contributed by atoms with Crippen molar-refractivity contribution in [2.24, 2.45) is 0 Å². The summed E-state index contributed by atoms with van der Waals surface area (Å²) in [5.41, 5.74) is 0.957. The van der Waals surface area contributed by atoms with Crippen LogP contribution in [0.1, 0.15) is 37.6 Å². The first-order valence-electron chi connectivity index (χ1n) is 9.92. The zero-order valence-corrected chi connectivity index (χ0v) is 19.2. The molecule has 9 heteroatoms. The lowest BCUT2D eigenvalue weighted by atomic mass is 10.1. The summed E-state index contributed by atoms with van der Waals surface area (Å²) >= 11 is 0. The highest BCUT2D eigenvalue weighted by atomic mass is 32.2. The van der Waals surface area contributed by atoms with E-state index in [0.29, 0.717) is 22.7 Å². The van der Waals surface area contributed by atoms with Gasteiger partial charge >= 0.3 is 0 Å². The fourth-order valence-corrected chi connectivity index (χ4v) is 4.35. The van der Waals surface area contributed by atoms with Crippen LogP contribution in [0.5, 0.6) is 5.75 Å². The Morgan fingerprint density at radius 2 is 1.68 bits per heavy atom. The molecular weight excluding hydrogens is 418 g/mol. The van der Waals surface area contributed by atoms with Crippen LogP contribution in [0.25, 0.3) is 0 Å². The van der Waals surface area contributed by atoms with Gasteiger partial charge in [-0.1, -0.05) is 19.1 Å². The third-order valence-corrected chi connectivity index (χ3v) is 5.69. The molecule has 0 aliphatic rings. The second-order valence-electron chi connectivity index (χ2n) is 7.34. The highest BCUT2D eigenvalue weighted by Crippen LogP contribution is 2.26. The monoisotopic (exact) mass is 447 g/mol. The number of methoxy groups -OCH3 is 1. The lowest BCUT2D eigenvalue weighted by Gasteiger charge is -2.30. The maximum atomic E-state index is 13.2. The first-order chi connectivity index (χ1) is 14.6. The summed E-state index contributed by atoms with van der Waals surface area (Å²) < 4.78 is 31.4. The molecule has 0 spiro atoms. The molecule has 2 amide bonds. The molecule has 0 bridgehead atoms. The van der Waals surface area contributed by atoms with E-state index in [2.05, 4.69) is 10.6 Å². The summed E-state index contributed by atoms with van der Waals surface area (Å²) in [6.07, 6.45) is 1.28. The normalized spacial score (nSPS) is 12.2. The quantitative estimate of drug-likeness (QED) is 0.615. The Kier molecular flexibility index (Phi) is 8.04. The van der Waals surface area contributed by atoms with Crippen LogP contribution in [0, 0.1) is 0 Å². The van der Waals surface area contributed by atoms with E-state index in [1.165, 1.54) is 7.11 Å². The van der Waals surface area contributed by atoms with Gasteiger partial charge in [0.05, 0.1) is 30.3 Å². The highest BCUT2D eigenvalue weighted by Gasteiger charge is 2.32. The molecule has 8 nitrogen and oxygen atoms in total. The molecule has 0 saturated carbocycles. The summed E-state index contributed by atoms with van der Waals surface area (Å²) in [5, 5.41) is 5.52. The van der Waals surface area contributed by atoms with E-state index in [4.69, 9.17) is 4.74 Å². The zero-order valence-electron chi connectivity index (χ0n) is 18.4. The number of rotatable bonds is 9. The van der Waals surface area contributed by atoms with Gasteiger partial charge in [0.25, 0.3) is 5.91 Å². The lowest BCUT2D eigenvalue weighted by Crippen LogP contribution is -2.47. The van der Waals surface area contributed by atoms with Gasteiger partial charge < -0.3 is 15.4 Å². The van der Waals surface area contributed by atoms with Crippen molar-refractivity contribution >= 4 is 33.2 Å². The first-order valence-corrected chi connectivity index (χ1v) is 11.8. The second kappa shape index (κ2) is 10.3. The number of amides is 2. The molecule has 2 aromatic rings. The van der Waals surface area contributed by atoms with Gasteiger partial charge in [-0.25, -0.2) is 8.42 Å². The minimum absolute atomic E-state index is 0.0737. The Bertz CT molecular complexity index is 1020. The van der Waals surface area contributed by atoms with Crippen molar-refractivity contribution in [1.82, 2.24) is 5.32 Å². The predicted molar refractivity (Wildman–Crippen MR) is 122 cm³/mol. The van der Waals surface area contributed by atoms with Crippen LogP contribution in [0.4, 0.5) is 11.4 Å². The molecule has 0 aromatic heterocycles. The number of sulfonamides is 1. The minimum atomic E-state index is -3.78. The van der Waals surface area contributed by atoms with Gasteiger partial charge in [-0.15, -0.1) is 0 Å². The van der Waals surface area contributed by atoms with Crippen LogP contribution in [-0.4, -0.2) is 45.7 Å². The van der Waals surface area contributed by atoms with Crippen LogP contribution < -0.4 is 19.7 Å². The molecule has 0 aliphatic heterocycles. The van der Waals surface area contributed by atoms with Crippen molar-refractivity contribution < 1.29 is 22.7 Å². The summed E-state index contributed by atoms with van der Waals surface area (Å²) in [6, 6.07) is 11.9. The summed E-state index contributed by atoms with van der Waals surface area (Å²) in [7, 11) is -2.26. The maximum Gasteiger partial charge on any atom is 0.253 e. The van der Waals surface area contributed by atoms with Crippen LogP contribution >= 0.6 is 0 Å². The van der Waals surface area contributed by atoms with Crippen molar-refractivity contribution in [3.63, 3.8) is 0 Å². The summed E-state index contributed by atoms with van der Waals surface area (Å²) in [4.78, 5) is 25.6. The largest absolute Gasteiger partial charge is 0.497 e. The maximum absolute atomic E-state index is 13.2. The van der Waals surface area contributed by atoms with Crippen LogP contribution in [0.2, 0.25) is 0 Å². The predicted octanol–water partition coefficient (Wildman–Crippen LogP) is 3.02. The fraction of sp³-hybridized carbons (Fsp3) is 0.364. The number of benzene rings is 2. The summed E-state index contributed by atoms with van der Waals surface area (Å²) in [6.45, 7) is 5.40. The number of carbonyl (C=O) groups is 2. The molecule has 168 valence electrons. The fourth-order valence-electron chi connectivity index (χ4n) is 3.14. The number of carbonyl (C=O) groups excluding carboxylic acids is 2. The Hall–Kier alpha value is -3.07. The molecule has 0 fully saturated rings. The molecule has 0 heterocycles. The number of ether oxygens (including phenoxy) is 1. The molecule has 2 aromatic carbocycles. The van der Waals surface area contributed by atoms with Crippen LogP contribution in [0.3, 0.4) is 0 Å². The van der Waals surface area contributed by atoms with Crippen LogP contribution in [-0.2, 0) is 14.8 Å². The Morgan fingerprint density at radius 3 is 2.19 bits per heavy atom. The number of nitrogens with zero attached hydrogens (tertiary/aromatic N) is 1. The molecule has 1 unspecified atom stereocenters. The third kappa shape index (κ3) is 6.21. The van der Waals surface area contributed by atoms with E-state index < -0.39 is 22.0 Å². The van der Waals surface area contributed by atoms with Crippen molar-refractivity contribution in [2.45, 2.75) is 39.3 Å². The number of para-hydroxylation sites is 1. The first kappa shape index (κ1) is 24.2. The SMILES string of the molecule is CCC(C(=O)Nc1ccccc1C(=O)NC(C)C)N(c1ccc(OC)cc1)S(C)(=O)=O. The van der Waals surface area contributed by atoms with Crippen molar-refractivity contribution in [1.29, 1.82) is 0 Å². The molecule has 0 saturated heterocycles. The average molecular weight is 448 g/mol. The molecular formula is C22H29N3O5S. The number of nitrogens with one attached hydrogen (secondary N) is 2. The van der Waals surface area contributed by atoms with Gasteiger partial charge in [-0.05, 0) is 56.7 Å². The van der Waals surface area contributed by atoms with Crippen LogP contribution in [0.15, 0.2) is 48.5 Å². The lowest BCUT2D eigenvalue weighted by molar-refractivity contribution is -0.117. The van der Waals surface area contributed by atoms with Gasteiger partial charge in [0, 0.05) is 6.04 Å². The zero-order chi connectivity index (χ0) is 23.2. The van der Waals surface area contributed by atoms with E-state index in [-0.39, 0.29) is 18.4 Å². The molecule has 0 radical (unpaired) electrons. The summed E-state index contributed by atoms with van der Waals surface area (Å²) in [5.74, 6) is -0.289. The average Bonchev–Trinajstić information content (AvgIpc) is 2.71. The third-order valence-electron chi connectivity index (χ3n) is 4.51. The molecule has 2 rings (SSSR count). The molecule has 0 aliphatic carbocycles. The van der Waals surface area contributed by atoms with Crippen molar-refractivity contribution in [3.8, 4) is 5.75 Å². The Balaban J connectivity index is 2.38. The number of anilines is 2. The number of hydrogen-bond donors (Lipinski definition) is 2.